The molecule has 0 aromatic carbocycles. The lowest BCUT2D eigenvalue weighted by atomic mass is 10.0. The highest BCUT2D eigenvalue weighted by Gasteiger charge is 2.22. The maximum Gasteiger partial charge on any atom is 0.372 e. The number of nitrogens with one attached hydrogen (secondary N) is 1. The maximum absolute atomic E-state index is 11.0. The number of hydrogen-bond donors (Lipinski definition) is 2. The molecule has 2 N–H and O–H groups in total. The van der Waals surface area contributed by atoms with E-state index in [2.05, 4.69) is 10.2 Å². The van der Waals surface area contributed by atoms with E-state index in [-0.39, 0.29) is 17.7 Å². The van der Waals surface area contributed by atoms with Gasteiger partial charge >= 0.3 is 5.97 Å². The third-order valence-corrected chi connectivity index (χ3v) is 3.33. The van der Waals surface area contributed by atoms with Gasteiger partial charge in [-0.1, -0.05) is 0 Å². The first-order chi connectivity index (χ1) is 9.06. The molecular weight excluding hydrogens is 248 g/mol. The van der Waals surface area contributed by atoms with E-state index < -0.39 is 5.97 Å². The van der Waals surface area contributed by atoms with Gasteiger partial charge in [-0.25, -0.2) is 4.79 Å². The Morgan fingerprint density at radius 3 is 2.74 bits per heavy atom. The van der Waals surface area contributed by atoms with Crippen LogP contribution < -0.4 is 5.32 Å². The van der Waals surface area contributed by atoms with Crippen LogP contribution in [0.3, 0.4) is 0 Å². The van der Waals surface area contributed by atoms with E-state index in [0.29, 0.717) is 12.1 Å². The Balaban J connectivity index is 1.87. The summed E-state index contributed by atoms with van der Waals surface area (Å²) in [6.07, 6.45) is 3.18. The minimum absolute atomic E-state index is 0.00134. The fourth-order valence-electron chi connectivity index (χ4n) is 2.41. The number of furan rings is 1. The minimum atomic E-state index is -1.03. The van der Waals surface area contributed by atoms with Gasteiger partial charge < -0.3 is 14.8 Å². The lowest BCUT2D eigenvalue weighted by molar-refractivity contribution is -0.120. The maximum atomic E-state index is 11.0. The molecule has 0 aliphatic carbocycles. The van der Waals surface area contributed by atoms with Crippen molar-refractivity contribution in [2.45, 2.75) is 32.4 Å². The van der Waals surface area contributed by atoms with Crippen LogP contribution in [-0.4, -0.2) is 41.0 Å². The highest BCUT2D eigenvalue weighted by atomic mass is 16.4. The summed E-state index contributed by atoms with van der Waals surface area (Å²) in [6.45, 7) is 3.78. The molecule has 104 valence electrons. The Morgan fingerprint density at radius 1 is 1.47 bits per heavy atom. The van der Waals surface area contributed by atoms with Crippen molar-refractivity contribution >= 4 is 11.9 Å². The molecule has 0 atom stereocenters. The molecule has 1 aliphatic rings. The normalized spacial score (nSPS) is 17.3. The van der Waals surface area contributed by atoms with E-state index >= 15 is 0 Å². The van der Waals surface area contributed by atoms with Crippen molar-refractivity contribution in [1.29, 1.82) is 0 Å². The number of carboxylic acid groups (broad SMARTS) is 1. The highest BCUT2D eigenvalue weighted by molar-refractivity contribution is 5.86. The van der Waals surface area contributed by atoms with Gasteiger partial charge in [0.15, 0.2) is 0 Å². The summed E-state index contributed by atoms with van der Waals surface area (Å²) in [5.41, 5.74) is 0.700. The summed E-state index contributed by atoms with van der Waals surface area (Å²) < 4.78 is 4.96. The molecule has 1 aliphatic heterocycles. The average molecular weight is 266 g/mol. The molecule has 0 bridgehead atoms. The topological polar surface area (TPSA) is 82.8 Å². The quantitative estimate of drug-likeness (QED) is 0.852. The minimum Gasteiger partial charge on any atom is -0.475 e. The number of amides is 1. The van der Waals surface area contributed by atoms with Gasteiger partial charge in [-0.05, 0) is 18.9 Å². The monoisotopic (exact) mass is 266 g/mol. The van der Waals surface area contributed by atoms with Crippen molar-refractivity contribution in [1.82, 2.24) is 10.2 Å². The van der Waals surface area contributed by atoms with Crippen LogP contribution in [0.1, 0.15) is 35.9 Å². The van der Waals surface area contributed by atoms with E-state index in [1.54, 1.807) is 6.07 Å². The second-order valence-corrected chi connectivity index (χ2v) is 4.83. The van der Waals surface area contributed by atoms with Gasteiger partial charge in [0.2, 0.25) is 11.7 Å². The van der Waals surface area contributed by atoms with Crippen LogP contribution in [0, 0.1) is 0 Å². The van der Waals surface area contributed by atoms with Gasteiger partial charge in [0, 0.05) is 38.2 Å². The van der Waals surface area contributed by atoms with Gasteiger partial charge in [-0.15, -0.1) is 0 Å². The Hall–Kier alpha value is -1.82. The largest absolute Gasteiger partial charge is 0.475 e. The van der Waals surface area contributed by atoms with Gasteiger partial charge in [-0.2, -0.15) is 0 Å². The summed E-state index contributed by atoms with van der Waals surface area (Å²) in [7, 11) is 0. The molecule has 0 saturated carbocycles. The molecule has 1 aromatic heterocycles. The number of rotatable bonds is 4. The molecule has 19 heavy (non-hydrogen) atoms. The van der Waals surface area contributed by atoms with Gasteiger partial charge in [0.1, 0.15) is 0 Å². The van der Waals surface area contributed by atoms with E-state index in [4.69, 9.17) is 9.52 Å². The van der Waals surface area contributed by atoms with Gasteiger partial charge in [-0.3, -0.25) is 9.69 Å². The molecule has 6 nitrogen and oxygen atoms in total. The van der Waals surface area contributed by atoms with Crippen LogP contribution in [0.15, 0.2) is 16.7 Å². The van der Waals surface area contributed by atoms with Crippen molar-refractivity contribution in [3.8, 4) is 0 Å². The molecule has 6 heteroatoms. The van der Waals surface area contributed by atoms with Crippen molar-refractivity contribution in [2.75, 3.05) is 13.1 Å². The molecule has 1 aromatic rings. The van der Waals surface area contributed by atoms with Crippen LogP contribution in [-0.2, 0) is 11.3 Å². The van der Waals surface area contributed by atoms with Crippen molar-refractivity contribution in [2.24, 2.45) is 0 Å². The summed E-state index contributed by atoms with van der Waals surface area (Å²) in [6, 6.07) is 1.93. The Bertz CT molecular complexity index is 461. The molecular formula is C13H18N2O4. The predicted octanol–water partition coefficient (Wildman–Crippen LogP) is 1.08. The Morgan fingerprint density at radius 2 is 2.16 bits per heavy atom. The molecule has 0 spiro atoms. The standard InChI is InChI=1S/C13H18N2O4/c1-9(16)14-11-2-5-15(6-3-11)8-10-4-7-19-12(10)13(17)18/h4,7,11H,2-3,5-6,8H2,1H3,(H,14,16)(H,17,18). The lowest BCUT2D eigenvalue weighted by Gasteiger charge is -2.31. The number of piperidine rings is 1. The number of likely N-dealkylation sites (tertiary alicyclic amines) is 1. The summed E-state index contributed by atoms with van der Waals surface area (Å²) in [5, 5.41) is 11.9. The smallest absolute Gasteiger partial charge is 0.372 e. The number of hydrogen-bond acceptors (Lipinski definition) is 4. The fraction of sp³-hybridized carbons (Fsp3) is 0.538. The number of nitrogens with zero attached hydrogens (tertiary/aromatic N) is 1. The van der Waals surface area contributed by atoms with Crippen LogP contribution >= 0.6 is 0 Å². The lowest BCUT2D eigenvalue weighted by Crippen LogP contribution is -2.43. The summed E-state index contributed by atoms with van der Waals surface area (Å²) in [5.74, 6) is -1.02. The molecule has 0 radical (unpaired) electrons. The van der Waals surface area contributed by atoms with Crippen LogP contribution in [0.25, 0.3) is 0 Å². The number of carboxylic acids is 1. The Labute approximate surface area is 111 Å². The van der Waals surface area contributed by atoms with Crippen molar-refractivity contribution < 1.29 is 19.1 Å². The van der Waals surface area contributed by atoms with E-state index in [1.807, 2.05) is 0 Å². The molecule has 1 saturated heterocycles. The van der Waals surface area contributed by atoms with Crippen LogP contribution in [0.2, 0.25) is 0 Å². The van der Waals surface area contributed by atoms with E-state index in [1.165, 1.54) is 13.2 Å². The van der Waals surface area contributed by atoms with Gasteiger partial charge in [0.25, 0.3) is 0 Å². The van der Waals surface area contributed by atoms with E-state index in [9.17, 15) is 9.59 Å². The van der Waals surface area contributed by atoms with Crippen LogP contribution in [0.4, 0.5) is 0 Å². The summed E-state index contributed by atoms with van der Waals surface area (Å²) >= 11 is 0. The Kier molecular flexibility index (Phi) is 4.21. The zero-order valence-electron chi connectivity index (χ0n) is 10.9. The highest BCUT2D eigenvalue weighted by Crippen LogP contribution is 2.17. The molecule has 1 fully saturated rings. The molecule has 0 unspecified atom stereocenters. The molecule has 1 amide bonds. The second-order valence-electron chi connectivity index (χ2n) is 4.83. The number of carbonyl (C=O) groups is 2. The van der Waals surface area contributed by atoms with Gasteiger partial charge in [0.05, 0.1) is 6.26 Å². The van der Waals surface area contributed by atoms with E-state index in [0.717, 1.165) is 25.9 Å². The predicted molar refractivity (Wildman–Crippen MR) is 67.8 cm³/mol. The zero-order valence-corrected chi connectivity index (χ0v) is 10.9. The fourth-order valence-corrected chi connectivity index (χ4v) is 2.41. The van der Waals surface area contributed by atoms with Crippen molar-refractivity contribution in [3.63, 3.8) is 0 Å². The first-order valence-corrected chi connectivity index (χ1v) is 6.35. The number of aromatic carboxylic acids is 1. The third-order valence-electron chi connectivity index (χ3n) is 3.33. The van der Waals surface area contributed by atoms with Crippen molar-refractivity contribution in [3.05, 3.63) is 23.7 Å². The average Bonchev–Trinajstić information content (AvgIpc) is 2.79. The number of carbonyl (C=O) groups excluding carboxylic acids is 1. The molecule has 2 rings (SSSR count). The SMILES string of the molecule is CC(=O)NC1CCN(Cc2ccoc2C(=O)O)CC1. The second kappa shape index (κ2) is 5.88. The zero-order chi connectivity index (χ0) is 13.8. The first-order valence-electron chi connectivity index (χ1n) is 6.35. The van der Waals surface area contributed by atoms with Crippen LogP contribution in [0.5, 0.6) is 0 Å². The summed E-state index contributed by atoms with van der Waals surface area (Å²) in [4.78, 5) is 24.1. The third kappa shape index (κ3) is 3.57. The first kappa shape index (κ1) is 13.6. The molecule has 2 heterocycles.